The molecule has 2 aliphatic heterocycles. The molecule has 1 amide bonds. The zero-order valence-electron chi connectivity index (χ0n) is 28.3. The van der Waals surface area contributed by atoms with E-state index >= 15 is 0 Å². The molecule has 7 N–H and O–H groups in total. The molecule has 0 saturated carbocycles. The van der Waals surface area contributed by atoms with E-state index in [9.17, 15) is 49.8 Å². The minimum absolute atomic E-state index is 0.111. The summed E-state index contributed by atoms with van der Waals surface area (Å²) < 4.78 is 0. The lowest BCUT2D eigenvalue weighted by molar-refractivity contribution is -0.116. The fourth-order valence-electron chi connectivity index (χ4n) is 6.32. The van der Waals surface area contributed by atoms with Gasteiger partial charge in [0.25, 0.3) is 5.91 Å². The molecule has 3 aliphatic rings. The van der Waals surface area contributed by atoms with Crippen LogP contribution in [0.5, 0.6) is 5.75 Å². The van der Waals surface area contributed by atoms with E-state index in [-0.39, 0.29) is 39.1 Å². The first kappa shape index (κ1) is 37.7. The first-order valence-electron chi connectivity index (χ1n) is 15.7. The summed E-state index contributed by atoms with van der Waals surface area (Å²) in [6.45, 7) is 13.1. The number of aliphatic hydroxyl groups is 5. The highest BCUT2D eigenvalue weighted by molar-refractivity contribution is 6.31. The molecule has 47 heavy (non-hydrogen) atoms. The topological polar surface area (TPSA) is 202 Å². The lowest BCUT2D eigenvalue weighted by Gasteiger charge is -2.38. The summed E-state index contributed by atoms with van der Waals surface area (Å²) in [7, 11) is 0. The second-order valence-electron chi connectivity index (χ2n) is 13.4. The van der Waals surface area contributed by atoms with Gasteiger partial charge in [-0.2, -0.15) is 0 Å². The number of hydrogen-bond acceptors (Lipinski definition) is 10. The van der Waals surface area contributed by atoms with Crippen LogP contribution in [0, 0.1) is 30.6 Å². The molecule has 0 aromatic heterocycles. The number of rotatable bonds is 0. The highest BCUT2D eigenvalue weighted by Gasteiger charge is 2.42. The monoisotopic (exact) mass is 653 g/mol. The maximum Gasteiger partial charge on any atom is 0.251 e. The van der Waals surface area contributed by atoms with Crippen molar-refractivity contribution >= 4 is 23.3 Å². The molecule has 256 valence electrons. The van der Waals surface area contributed by atoms with Crippen LogP contribution in [0.2, 0.25) is 0 Å². The minimum Gasteiger partial charge on any atom is -0.507 e. The maximum atomic E-state index is 13.9. The first-order chi connectivity index (χ1) is 21.6. The molecule has 1 aromatic carbocycles. The lowest BCUT2D eigenvalue weighted by Crippen LogP contribution is -2.50. The molecule has 11 nitrogen and oxygen atoms in total. The number of nitrogens with one attached hydrogen (secondary N) is 1. The molecule has 2 heterocycles. The molecule has 0 spiro atoms. The number of hydrogen-bond donors (Lipinski definition) is 7. The van der Waals surface area contributed by atoms with Gasteiger partial charge < -0.3 is 36.0 Å². The van der Waals surface area contributed by atoms with Gasteiger partial charge in [-0.25, -0.2) is 0 Å². The standard InChI is InChI=1S/C36H47NO10/c1-15-11-10-12-16(2)35(46)37-26-19(5)32(43)24-23(33(26)44)13-17(3)28(39)25(24)29(40)18(4)14-36(9,47)34(45)22(8)31(42)21(7)30(41)20(6)27(15)38/h10-15,20-22,27,30-31,34,38-39,41-42,45,47H,1-9H3,(H,37,46)/b11-10-,16-12+,18-14+/t15-,20-,21-,22+,27+,30-,31+,34+,36+/m1/s1. The van der Waals surface area contributed by atoms with Gasteiger partial charge in [-0.1, -0.05) is 45.9 Å². The molecule has 4 rings (SSSR count). The number of aromatic hydroxyl groups is 1. The highest BCUT2D eigenvalue weighted by atomic mass is 16.3. The molecule has 0 saturated heterocycles. The van der Waals surface area contributed by atoms with Crippen molar-refractivity contribution in [3.63, 3.8) is 0 Å². The Bertz CT molecular complexity index is 1600. The van der Waals surface area contributed by atoms with Crippen molar-refractivity contribution in [2.75, 3.05) is 0 Å². The second-order valence-corrected chi connectivity index (χ2v) is 13.4. The Kier molecular flexibility index (Phi) is 11.4. The molecule has 4 bridgehead atoms. The van der Waals surface area contributed by atoms with Gasteiger partial charge in [0, 0.05) is 45.9 Å². The van der Waals surface area contributed by atoms with Crippen LogP contribution >= 0.6 is 0 Å². The van der Waals surface area contributed by atoms with Crippen molar-refractivity contribution in [3.05, 3.63) is 75.0 Å². The predicted octanol–water partition coefficient (Wildman–Crippen LogP) is 2.85. The van der Waals surface area contributed by atoms with Crippen molar-refractivity contribution in [1.82, 2.24) is 5.32 Å². The fraction of sp³-hybridized carbons (Fsp3) is 0.500. The van der Waals surface area contributed by atoms with Crippen LogP contribution < -0.4 is 5.32 Å². The number of benzene rings is 1. The third kappa shape index (κ3) is 7.24. The molecule has 11 heteroatoms. The SMILES string of the molecule is CC1=C2NC(=O)/C(C)=C/C=C\[C@@H](C)[C@H](O)[C@@H](C)[C@@H](O)[C@@H](C)[C@H](O)[C@H](C)[C@H](O)[C@@](C)(O)/C=C(\C)C(=O)c3c(O)c(C)cc(c3C1=O)C2=O. The van der Waals surface area contributed by atoms with Crippen LogP contribution in [0.15, 0.2) is 52.8 Å². The predicted molar refractivity (Wildman–Crippen MR) is 175 cm³/mol. The van der Waals surface area contributed by atoms with Gasteiger partial charge in [0.1, 0.15) is 11.4 Å². The minimum atomic E-state index is -2.12. The van der Waals surface area contributed by atoms with Crippen LogP contribution in [0.25, 0.3) is 0 Å². The van der Waals surface area contributed by atoms with Gasteiger partial charge in [0.05, 0.1) is 35.7 Å². The Morgan fingerprint density at radius 3 is 1.89 bits per heavy atom. The van der Waals surface area contributed by atoms with Crippen LogP contribution in [-0.2, 0) is 4.79 Å². The van der Waals surface area contributed by atoms with Gasteiger partial charge in [-0.15, -0.1) is 0 Å². The number of phenolic OH excluding ortho intramolecular Hbond substituents is 1. The number of carbonyl (C=O) groups excluding carboxylic acids is 4. The third-order valence-corrected chi connectivity index (χ3v) is 9.69. The van der Waals surface area contributed by atoms with Crippen molar-refractivity contribution in [1.29, 1.82) is 0 Å². The lowest BCUT2D eigenvalue weighted by atomic mass is 9.76. The van der Waals surface area contributed by atoms with Crippen molar-refractivity contribution in [3.8, 4) is 5.75 Å². The van der Waals surface area contributed by atoms with Gasteiger partial charge >= 0.3 is 0 Å². The number of carbonyl (C=O) groups is 4. The van der Waals surface area contributed by atoms with Crippen molar-refractivity contribution in [2.24, 2.45) is 23.7 Å². The van der Waals surface area contributed by atoms with Gasteiger partial charge in [-0.3, -0.25) is 19.2 Å². The highest BCUT2D eigenvalue weighted by Crippen LogP contribution is 2.37. The number of fused-ring (bicyclic) bond motifs is 15. The zero-order valence-corrected chi connectivity index (χ0v) is 28.3. The van der Waals surface area contributed by atoms with Gasteiger partial charge in [0.15, 0.2) is 11.6 Å². The zero-order chi connectivity index (χ0) is 35.9. The number of ketones is 3. The Morgan fingerprint density at radius 1 is 0.745 bits per heavy atom. The number of allylic oxidation sites excluding steroid dienone is 5. The van der Waals surface area contributed by atoms with Crippen molar-refractivity contribution in [2.45, 2.75) is 92.3 Å². The van der Waals surface area contributed by atoms with Gasteiger partial charge in [0.2, 0.25) is 5.78 Å². The molecule has 0 fully saturated rings. The summed E-state index contributed by atoms with van der Waals surface area (Å²) in [5, 5.41) is 69.2. The third-order valence-electron chi connectivity index (χ3n) is 9.69. The van der Waals surface area contributed by atoms with E-state index in [1.165, 1.54) is 53.7 Å². The van der Waals surface area contributed by atoms with Crippen LogP contribution in [0.4, 0.5) is 0 Å². The molecule has 1 aliphatic carbocycles. The van der Waals surface area contributed by atoms with E-state index < -0.39 is 88.3 Å². The molecule has 9 atom stereocenters. The Balaban J connectivity index is 2.24. The second kappa shape index (κ2) is 14.2. The summed E-state index contributed by atoms with van der Waals surface area (Å²) in [6, 6.07) is 1.26. The average molecular weight is 654 g/mol. The Morgan fingerprint density at radius 2 is 1.30 bits per heavy atom. The molecule has 0 unspecified atom stereocenters. The summed E-state index contributed by atoms with van der Waals surface area (Å²) in [5.41, 5.74) is -3.46. The number of Topliss-reactive ketones (excluding diaryl/α,β-unsaturated/α-hetero) is 3. The average Bonchev–Trinajstić information content (AvgIpc) is 3.02. The van der Waals surface area contributed by atoms with E-state index in [1.807, 2.05) is 0 Å². The Labute approximate surface area is 275 Å². The normalized spacial score (nSPS) is 36.4. The smallest absolute Gasteiger partial charge is 0.251 e. The fourth-order valence-corrected chi connectivity index (χ4v) is 6.32. The molecular weight excluding hydrogens is 606 g/mol. The summed E-state index contributed by atoms with van der Waals surface area (Å²) in [5.74, 6) is -6.77. The number of aliphatic hydroxyl groups excluding tert-OH is 4. The van der Waals surface area contributed by atoms with E-state index in [0.717, 1.165) is 6.08 Å². The van der Waals surface area contributed by atoms with Crippen LogP contribution in [0.3, 0.4) is 0 Å². The summed E-state index contributed by atoms with van der Waals surface area (Å²) >= 11 is 0. The van der Waals surface area contributed by atoms with Crippen LogP contribution in [-0.4, -0.2) is 83.9 Å². The number of aryl methyl sites for hydroxylation is 1. The summed E-state index contributed by atoms with van der Waals surface area (Å²) in [6.07, 6.45) is 0.374. The van der Waals surface area contributed by atoms with E-state index in [2.05, 4.69) is 5.32 Å². The largest absolute Gasteiger partial charge is 0.507 e. The van der Waals surface area contributed by atoms with Crippen molar-refractivity contribution < 1.29 is 49.8 Å². The van der Waals surface area contributed by atoms with E-state index in [0.29, 0.717) is 0 Å². The maximum absolute atomic E-state index is 13.9. The van der Waals surface area contributed by atoms with Crippen LogP contribution in [0.1, 0.15) is 92.0 Å². The number of phenols is 1. The quantitative estimate of drug-likeness (QED) is 0.218. The molecular formula is C36H47NO10. The molecule has 0 radical (unpaired) electrons. The van der Waals surface area contributed by atoms with E-state index in [4.69, 9.17) is 0 Å². The first-order valence-corrected chi connectivity index (χ1v) is 15.7. The Hall–Kier alpha value is -3.74. The van der Waals surface area contributed by atoms with Gasteiger partial charge in [-0.05, 0) is 57.9 Å². The molecule has 1 aromatic rings. The summed E-state index contributed by atoms with van der Waals surface area (Å²) in [4.78, 5) is 54.3. The van der Waals surface area contributed by atoms with E-state index in [1.54, 1.807) is 32.9 Å². The number of amides is 1.